The third kappa shape index (κ3) is 2.82. The fraction of sp³-hybridized carbons (Fsp3) is 0.0833. The molecule has 0 saturated carbocycles. The van der Waals surface area contributed by atoms with Crippen molar-refractivity contribution in [1.29, 1.82) is 0 Å². The molecule has 0 unspecified atom stereocenters. The first-order valence-corrected chi connectivity index (χ1v) is 5.48. The van der Waals surface area contributed by atoms with Crippen LogP contribution in [0.5, 0.6) is 5.75 Å². The van der Waals surface area contributed by atoms with Crippen LogP contribution in [0.4, 0.5) is 17.6 Å². The molecular weight excluding hydrogens is 296 g/mol. The summed E-state index contributed by atoms with van der Waals surface area (Å²) in [6.45, 7) is -0.560. The van der Waals surface area contributed by atoms with Crippen LogP contribution < -0.4 is 16.0 Å². The van der Waals surface area contributed by atoms with Gasteiger partial charge in [-0.15, -0.1) is 0 Å². The molecule has 2 rings (SSSR count). The van der Waals surface area contributed by atoms with Gasteiger partial charge in [-0.05, 0) is 6.07 Å². The number of hydrogen-bond acceptors (Lipinski definition) is 4. The molecule has 0 aliphatic carbocycles. The number of carbonyl (C=O) groups is 1. The Labute approximate surface area is 115 Å². The zero-order valence-corrected chi connectivity index (χ0v) is 10.3. The van der Waals surface area contributed by atoms with Crippen molar-refractivity contribution in [1.82, 2.24) is 5.43 Å². The normalized spacial score (nSPS) is 10.5. The van der Waals surface area contributed by atoms with E-state index in [0.29, 0.717) is 0 Å². The Morgan fingerprint density at radius 2 is 1.86 bits per heavy atom. The predicted octanol–water partition coefficient (Wildman–Crippen LogP) is 2.02. The van der Waals surface area contributed by atoms with Crippen molar-refractivity contribution >= 4 is 5.91 Å². The van der Waals surface area contributed by atoms with Crippen LogP contribution in [-0.2, 0) is 6.61 Å². The zero-order valence-electron chi connectivity index (χ0n) is 10.3. The van der Waals surface area contributed by atoms with Gasteiger partial charge in [0.25, 0.3) is 0 Å². The number of ether oxygens (including phenoxy) is 1. The summed E-state index contributed by atoms with van der Waals surface area (Å²) in [4.78, 5) is 11.3. The van der Waals surface area contributed by atoms with Gasteiger partial charge < -0.3 is 9.15 Å². The van der Waals surface area contributed by atoms with Crippen LogP contribution in [0.3, 0.4) is 0 Å². The Morgan fingerprint density at radius 1 is 1.24 bits per heavy atom. The summed E-state index contributed by atoms with van der Waals surface area (Å²) >= 11 is 0. The van der Waals surface area contributed by atoms with E-state index >= 15 is 0 Å². The minimum absolute atomic E-state index is 0.0582. The highest BCUT2D eigenvalue weighted by Crippen LogP contribution is 2.27. The second-order valence-electron chi connectivity index (χ2n) is 3.83. The predicted molar refractivity (Wildman–Crippen MR) is 61.0 cm³/mol. The second-order valence-corrected chi connectivity index (χ2v) is 3.83. The van der Waals surface area contributed by atoms with E-state index in [1.807, 2.05) is 0 Å². The smallest absolute Gasteiger partial charge is 0.301 e. The standard InChI is InChI=1S/C12H8F4N2O3/c13-6-3-7(14)9(16)11(8(6)15)21-4-5-1-2-20-10(5)12(19)18-17/h1-3H,4,17H2,(H,18,19). The van der Waals surface area contributed by atoms with E-state index in [4.69, 9.17) is 15.0 Å². The number of amides is 1. The van der Waals surface area contributed by atoms with Crippen molar-refractivity contribution < 1.29 is 31.5 Å². The number of hydrogen-bond donors (Lipinski definition) is 2. The molecule has 1 heterocycles. The SMILES string of the molecule is NNC(=O)c1occc1COc1c(F)c(F)cc(F)c1F. The fourth-order valence-electron chi connectivity index (χ4n) is 1.54. The lowest BCUT2D eigenvalue weighted by Crippen LogP contribution is -2.30. The van der Waals surface area contributed by atoms with Crippen molar-refractivity contribution in [2.75, 3.05) is 0 Å². The minimum atomic E-state index is -1.68. The number of nitrogens with one attached hydrogen (secondary N) is 1. The Hall–Kier alpha value is -2.55. The number of nitrogen functional groups attached to an aromatic ring is 1. The van der Waals surface area contributed by atoms with Gasteiger partial charge in [0.15, 0.2) is 23.1 Å². The molecule has 5 nitrogen and oxygen atoms in total. The highest BCUT2D eigenvalue weighted by atomic mass is 19.2. The first kappa shape index (κ1) is 14.9. The summed E-state index contributed by atoms with van der Waals surface area (Å²) in [7, 11) is 0. The van der Waals surface area contributed by atoms with E-state index in [0.717, 1.165) is 6.26 Å². The van der Waals surface area contributed by atoms with Gasteiger partial charge in [0, 0.05) is 11.6 Å². The van der Waals surface area contributed by atoms with Gasteiger partial charge in [0.05, 0.1) is 6.26 Å². The number of hydrazine groups is 1. The molecule has 112 valence electrons. The van der Waals surface area contributed by atoms with E-state index in [2.05, 4.69) is 0 Å². The molecule has 0 atom stereocenters. The van der Waals surface area contributed by atoms with Gasteiger partial charge in [0.2, 0.25) is 11.6 Å². The van der Waals surface area contributed by atoms with E-state index < -0.39 is 41.5 Å². The average Bonchev–Trinajstić information content (AvgIpc) is 2.93. The number of carbonyl (C=O) groups excluding carboxylic acids is 1. The molecule has 1 aromatic carbocycles. The number of benzene rings is 1. The molecule has 1 aromatic heterocycles. The third-order valence-electron chi connectivity index (χ3n) is 2.53. The largest absolute Gasteiger partial charge is 0.483 e. The van der Waals surface area contributed by atoms with Crippen LogP contribution in [0.2, 0.25) is 0 Å². The summed E-state index contributed by atoms with van der Waals surface area (Å²) in [5.74, 6) is -3.94. The lowest BCUT2D eigenvalue weighted by atomic mass is 10.2. The summed E-state index contributed by atoms with van der Waals surface area (Å²) < 4.78 is 62.2. The number of halogens is 4. The maximum Gasteiger partial charge on any atom is 0.301 e. The van der Waals surface area contributed by atoms with Crippen LogP contribution in [-0.4, -0.2) is 5.91 Å². The van der Waals surface area contributed by atoms with E-state index in [1.54, 1.807) is 5.43 Å². The van der Waals surface area contributed by atoms with E-state index in [-0.39, 0.29) is 17.4 Å². The third-order valence-corrected chi connectivity index (χ3v) is 2.53. The fourth-order valence-corrected chi connectivity index (χ4v) is 1.54. The minimum Gasteiger partial charge on any atom is -0.483 e. The highest BCUT2D eigenvalue weighted by Gasteiger charge is 2.22. The van der Waals surface area contributed by atoms with Gasteiger partial charge in [0.1, 0.15) is 6.61 Å². The first-order valence-electron chi connectivity index (χ1n) is 5.48. The number of rotatable bonds is 4. The Bertz CT molecular complexity index is 661. The monoisotopic (exact) mass is 304 g/mol. The van der Waals surface area contributed by atoms with Crippen molar-refractivity contribution in [2.24, 2.45) is 5.84 Å². The molecule has 0 saturated heterocycles. The van der Waals surface area contributed by atoms with Gasteiger partial charge in [-0.2, -0.15) is 8.78 Å². The summed E-state index contributed by atoms with van der Waals surface area (Å²) in [6, 6.07) is 1.33. The Kier molecular flexibility index (Phi) is 4.13. The average molecular weight is 304 g/mol. The summed E-state index contributed by atoms with van der Waals surface area (Å²) in [5, 5.41) is 0. The maximum atomic E-state index is 13.4. The molecule has 21 heavy (non-hydrogen) atoms. The van der Waals surface area contributed by atoms with Crippen LogP contribution in [0, 0.1) is 23.3 Å². The van der Waals surface area contributed by atoms with Crippen molar-refractivity contribution in [3.05, 3.63) is 53.0 Å². The van der Waals surface area contributed by atoms with Crippen molar-refractivity contribution in [3.63, 3.8) is 0 Å². The Morgan fingerprint density at radius 3 is 2.43 bits per heavy atom. The van der Waals surface area contributed by atoms with Crippen LogP contribution >= 0.6 is 0 Å². The van der Waals surface area contributed by atoms with Gasteiger partial charge >= 0.3 is 5.91 Å². The van der Waals surface area contributed by atoms with Gasteiger partial charge in [-0.25, -0.2) is 14.6 Å². The lowest BCUT2D eigenvalue weighted by molar-refractivity contribution is 0.0922. The van der Waals surface area contributed by atoms with Crippen LogP contribution in [0.25, 0.3) is 0 Å². The van der Waals surface area contributed by atoms with Crippen molar-refractivity contribution in [3.8, 4) is 5.75 Å². The van der Waals surface area contributed by atoms with E-state index in [9.17, 15) is 22.4 Å². The van der Waals surface area contributed by atoms with Crippen LogP contribution in [0.1, 0.15) is 16.1 Å². The zero-order chi connectivity index (χ0) is 15.6. The molecule has 0 bridgehead atoms. The second kappa shape index (κ2) is 5.83. The van der Waals surface area contributed by atoms with Gasteiger partial charge in [-0.1, -0.05) is 0 Å². The molecule has 3 N–H and O–H groups in total. The molecule has 9 heteroatoms. The molecule has 0 radical (unpaired) electrons. The summed E-state index contributed by atoms with van der Waals surface area (Å²) in [5.41, 5.74) is 1.88. The highest BCUT2D eigenvalue weighted by molar-refractivity contribution is 5.92. The molecule has 0 fully saturated rings. The lowest BCUT2D eigenvalue weighted by Gasteiger charge is -2.09. The summed E-state index contributed by atoms with van der Waals surface area (Å²) in [6.07, 6.45) is 1.11. The Balaban J connectivity index is 2.26. The molecule has 2 aromatic rings. The molecule has 0 aliphatic rings. The van der Waals surface area contributed by atoms with Gasteiger partial charge in [-0.3, -0.25) is 10.2 Å². The number of nitrogens with two attached hydrogens (primary N) is 1. The quantitative estimate of drug-likeness (QED) is 0.298. The maximum absolute atomic E-state index is 13.4. The molecule has 0 aliphatic heterocycles. The topological polar surface area (TPSA) is 77.5 Å². The molecular formula is C12H8F4N2O3. The molecule has 1 amide bonds. The van der Waals surface area contributed by atoms with E-state index in [1.165, 1.54) is 6.07 Å². The number of furan rings is 1. The van der Waals surface area contributed by atoms with Crippen molar-refractivity contribution in [2.45, 2.75) is 6.61 Å². The van der Waals surface area contributed by atoms with Crippen LogP contribution in [0.15, 0.2) is 22.8 Å². The first-order chi connectivity index (χ1) is 9.95. The molecule has 0 spiro atoms.